The third-order valence-electron chi connectivity index (χ3n) is 3.07. The van der Waals surface area contributed by atoms with Crippen molar-refractivity contribution >= 4 is 13.7 Å². The predicted octanol–water partition coefficient (Wildman–Crippen LogP) is 3.61. The van der Waals surface area contributed by atoms with Gasteiger partial charge in [-0.25, -0.2) is 0 Å². The van der Waals surface area contributed by atoms with Gasteiger partial charge in [0.25, 0.3) is 0 Å². The van der Waals surface area contributed by atoms with Crippen LogP contribution in [0.1, 0.15) is 41.5 Å². The molecular formula is C17H30O4Si. The first kappa shape index (κ1) is 19.0. The highest BCUT2D eigenvalue weighted by Crippen LogP contribution is 2.33. The summed E-state index contributed by atoms with van der Waals surface area (Å²) in [6.07, 6.45) is 0. The largest absolute Gasteiger partial charge is 0.484 e. The minimum atomic E-state index is -2.53. The van der Waals surface area contributed by atoms with E-state index in [2.05, 4.69) is 0 Å². The molecule has 5 heteroatoms. The van der Waals surface area contributed by atoms with Crippen LogP contribution < -0.4 is 14.7 Å². The second-order valence-electron chi connectivity index (χ2n) is 7.42. The fraction of sp³-hybridized carbons (Fsp3) is 0.647. The Morgan fingerprint density at radius 3 is 1.73 bits per heavy atom. The molecule has 0 fully saturated rings. The Labute approximate surface area is 136 Å². The topological polar surface area (TPSA) is 36.9 Å². The van der Waals surface area contributed by atoms with Crippen molar-refractivity contribution in [2.24, 2.45) is 0 Å². The molecule has 0 saturated heterocycles. The van der Waals surface area contributed by atoms with Gasteiger partial charge in [0.2, 0.25) is 0 Å². The summed E-state index contributed by atoms with van der Waals surface area (Å²) in [5, 5.41) is 0.939. The highest BCUT2D eigenvalue weighted by molar-refractivity contribution is 6.80. The van der Waals surface area contributed by atoms with Crippen LogP contribution in [0.5, 0.6) is 11.5 Å². The van der Waals surface area contributed by atoms with Crippen LogP contribution in [0.3, 0.4) is 0 Å². The first-order valence-electron chi connectivity index (χ1n) is 7.54. The van der Waals surface area contributed by atoms with Crippen LogP contribution >= 0.6 is 0 Å². The molecule has 1 aromatic rings. The summed E-state index contributed by atoms with van der Waals surface area (Å²) in [5.41, 5.74) is -0.657. The molecule has 4 nitrogen and oxygen atoms in total. The molecule has 0 heterocycles. The van der Waals surface area contributed by atoms with Crippen molar-refractivity contribution in [1.29, 1.82) is 0 Å². The number of rotatable bonds is 5. The SMILES string of the molecule is CO[Si](C)(OC)c1cccc(OC(C)(C)C)c1OC(C)(C)C. The summed E-state index contributed by atoms with van der Waals surface area (Å²) in [6.45, 7) is 14.1. The molecule has 0 radical (unpaired) electrons. The van der Waals surface area contributed by atoms with Crippen LogP contribution in [0.4, 0.5) is 0 Å². The molecule has 0 unspecified atom stereocenters. The van der Waals surface area contributed by atoms with Gasteiger partial charge in [-0.05, 0) is 54.2 Å². The fourth-order valence-electron chi connectivity index (χ4n) is 2.00. The molecule has 0 aliphatic carbocycles. The maximum atomic E-state index is 6.21. The van der Waals surface area contributed by atoms with Crippen molar-refractivity contribution in [2.45, 2.75) is 59.3 Å². The lowest BCUT2D eigenvalue weighted by Crippen LogP contribution is -2.50. The van der Waals surface area contributed by atoms with E-state index in [1.165, 1.54) is 0 Å². The van der Waals surface area contributed by atoms with Gasteiger partial charge in [-0.2, -0.15) is 0 Å². The Morgan fingerprint density at radius 1 is 0.818 bits per heavy atom. The van der Waals surface area contributed by atoms with E-state index in [0.29, 0.717) is 11.5 Å². The van der Waals surface area contributed by atoms with Gasteiger partial charge in [0.1, 0.15) is 11.2 Å². The lowest BCUT2D eigenvalue weighted by molar-refractivity contribution is 0.0962. The van der Waals surface area contributed by atoms with Crippen molar-refractivity contribution in [1.82, 2.24) is 0 Å². The third kappa shape index (κ3) is 5.00. The number of benzene rings is 1. The van der Waals surface area contributed by atoms with Crippen molar-refractivity contribution in [3.05, 3.63) is 18.2 Å². The van der Waals surface area contributed by atoms with Crippen LogP contribution in [0.25, 0.3) is 0 Å². The van der Waals surface area contributed by atoms with Crippen molar-refractivity contribution in [2.75, 3.05) is 14.2 Å². The maximum absolute atomic E-state index is 6.21. The monoisotopic (exact) mass is 326 g/mol. The number of ether oxygens (including phenoxy) is 2. The zero-order valence-electron chi connectivity index (χ0n) is 15.4. The molecule has 1 rings (SSSR count). The van der Waals surface area contributed by atoms with Gasteiger partial charge in [-0.15, -0.1) is 0 Å². The molecule has 0 aliphatic heterocycles. The van der Waals surface area contributed by atoms with Crippen LogP contribution in [0.15, 0.2) is 18.2 Å². The number of hydrogen-bond donors (Lipinski definition) is 0. The van der Waals surface area contributed by atoms with E-state index in [9.17, 15) is 0 Å². The molecule has 0 saturated carbocycles. The van der Waals surface area contributed by atoms with E-state index in [0.717, 1.165) is 5.19 Å². The molecule has 0 aliphatic rings. The van der Waals surface area contributed by atoms with E-state index in [1.807, 2.05) is 66.3 Å². The molecule has 0 aromatic heterocycles. The second-order valence-corrected chi connectivity index (χ2v) is 10.7. The first-order chi connectivity index (χ1) is 9.92. The lowest BCUT2D eigenvalue weighted by Gasteiger charge is -2.32. The van der Waals surface area contributed by atoms with E-state index in [4.69, 9.17) is 18.3 Å². The fourth-order valence-corrected chi connectivity index (χ4v) is 3.59. The van der Waals surface area contributed by atoms with Crippen molar-refractivity contribution in [3.63, 3.8) is 0 Å². The molecule has 1 aromatic carbocycles. The van der Waals surface area contributed by atoms with Crippen molar-refractivity contribution in [3.8, 4) is 11.5 Å². The summed E-state index contributed by atoms with van der Waals surface area (Å²) in [5.74, 6) is 1.43. The second kappa shape index (κ2) is 6.60. The summed E-state index contributed by atoms with van der Waals surface area (Å²) in [4.78, 5) is 0. The Morgan fingerprint density at radius 2 is 1.32 bits per heavy atom. The normalized spacial score (nSPS) is 13.1. The average molecular weight is 327 g/mol. The quantitative estimate of drug-likeness (QED) is 0.775. The van der Waals surface area contributed by atoms with E-state index in [-0.39, 0.29) is 11.2 Å². The summed E-state index contributed by atoms with van der Waals surface area (Å²) >= 11 is 0. The number of hydrogen-bond acceptors (Lipinski definition) is 4. The van der Waals surface area contributed by atoms with Gasteiger partial charge >= 0.3 is 8.56 Å². The van der Waals surface area contributed by atoms with Crippen LogP contribution in [-0.2, 0) is 8.85 Å². The minimum Gasteiger partial charge on any atom is -0.484 e. The van der Waals surface area contributed by atoms with E-state index < -0.39 is 8.56 Å². The van der Waals surface area contributed by atoms with Crippen LogP contribution in [0, 0.1) is 0 Å². The Kier molecular flexibility index (Phi) is 5.70. The van der Waals surface area contributed by atoms with Gasteiger partial charge in [-0.1, -0.05) is 12.1 Å². The average Bonchev–Trinajstić information content (AvgIpc) is 2.36. The Hall–Kier alpha value is -1.04. The Bertz CT molecular complexity index is 496. The highest BCUT2D eigenvalue weighted by atomic mass is 28.4. The molecule has 0 atom stereocenters. The van der Waals surface area contributed by atoms with Gasteiger partial charge in [0.05, 0.1) is 0 Å². The van der Waals surface area contributed by atoms with Crippen molar-refractivity contribution < 1.29 is 18.3 Å². The predicted molar refractivity (Wildman–Crippen MR) is 92.5 cm³/mol. The summed E-state index contributed by atoms with van der Waals surface area (Å²) in [7, 11) is 0.819. The van der Waals surface area contributed by atoms with Gasteiger partial charge in [0, 0.05) is 19.4 Å². The summed E-state index contributed by atoms with van der Waals surface area (Å²) < 4.78 is 23.7. The molecule has 0 amide bonds. The molecule has 126 valence electrons. The maximum Gasteiger partial charge on any atom is 0.372 e. The van der Waals surface area contributed by atoms with E-state index in [1.54, 1.807) is 14.2 Å². The van der Waals surface area contributed by atoms with Gasteiger partial charge in [-0.3, -0.25) is 0 Å². The van der Waals surface area contributed by atoms with Crippen LogP contribution in [-0.4, -0.2) is 34.0 Å². The molecular weight excluding hydrogens is 296 g/mol. The smallest absolute Gasteiger partial charge is 0.372 e. The molecule has 0 spiro atoms. The minimum absolute atomic E-state index is 0.313. The zero-order chi connectivity index (χ0) is 17.2. The standard InChI is InChI=1S/C17H30O4Si/c1-16(2,3)20-13-11-10-12-14(22(9,18-7)19-8)15(13)21-17(4,5)6/h10-12H,1-9H3. The zero-order valence-corrected chi connectivity index (χ0v) is 16.4. The highest BCUT2D eigenvalue weighted by Gasteiger charge is 2.38. The van der Waals surface area contributed by atoms with Crippen LogP contribution in [0.2, 0.25) is 6.55 Å². The third-order valence-corrected chi connectivity index (χ3v) is 6.00. The van der Waals surface area contributed by atoms with Gasteiger partial charge in [0.15, 0.2) is 11.5 Å². The molecule has 0 bridgehead atoms. The molecule has 0 N–H and O–H groups in total. The van der Waals surface area contributed by atoms with E-state index >= 15 is 0 Å². The van der Waals surface area contributed by atoms with Gasteiger partial charge < -0.3 is 18.3 Å². The summed E-state index contributed by atoms with van der Waals surface area (Å²) in [6, 6.07) is 5.88. The molecule has 22 heavy (non-hydrogen) atoms. The Balaban J connectivity index is 3.47. The lowest BCUT2D eigenvalue weighted by atomic mass is 10.1. The first-order valence-corrected chi connectivity index (χ1v) is 9.85. The number of para-hydroxylation sites is 1.